The molecular weight excluding hydrogens is 566 g/mol. The third-order valence-corrected chi connectivity index (χ3v) is 9.56. The number of nitrogens with zero attached hydrogens (tertiary/aromatic N) is 7. The number of hydrogen-bond acceptors (Lipinski definition) is 8. The van der Waals surface area contributed by atoms with Gasteiger partial charge in [0.25, 0.3) is 5.56 Å². The minimum Gasteiger partial charge on any atom is -0.424 e. The van der Waals surface area contributed by atoms with Gasteiger partial charge in [-0.2, -0.15) is 9.97 Å². The highest BCUT2D eigenvalue weighted by molar-refractivity contribution is 5.87. The normalized spacial score (nSPS) is 17.3. The lowest BCUT2D eigenvalue weighted by molar-refractivity contribution is -0.126. The smallest absolute Gasteiger partial charge is 0.325 e. The highest BCUT2D eigenvalue weighted by Gasteiger charge is 2.34. The van der Waals surface area contributed by atoms with Crippen molar-refractivity contribution >= 4 is 28.3 Å². The molecule has 1 saturated heterocycles. The predicted molar refractivity (Wildman–Crippen MR) is 176 cm³/mol. The number of piperazine rings is 1. The molecule has 0 radical (unpaired) electrons. The molecule has 0 saturated carbocycles. The summed E-state index contributed by atoms with van der Waals surface area (Å²) in [5, 5.41) is 1.67. The summed E-state index contributed by atoms with van der Waals surface area (Å²) in [6, 6.07) is 14.5. The first-order valence-electron chi connectivity index (χ1n) is 15.7. The van der Waals surface area contributed by atoms with Gasteiger partial charge in [-0.3, -0.25) is 9.59 Å². The van der Waals surface area contributed by atoms with E-state index in [4.69, 9.17) is 14.7 Å². The van der Waals surface area contributed by atoms with Crippen molar-refractivity contribution in [3.05, 3.63) is 93.9 Å². The maximum atomic E-state index is 13.3. The molecule has 4 aromatic rings. The zero-order chi connectivity index (χ0) is 31.2. The molecule has 0 bridgehead atoms. The van der Waals surface area contributed by atoms with Crippen molar-refractivity contribution in [2.24, 2.45) is 7.05 Å². The summed E-state index contributed by atoms with van der Waals surface area (Å²) in [6.07, 6.45) is 4.87. The van der Waals surface area contributed by atoms with Crippen molar-refractivity contribution < 1.29 is 9.53 Å². The van der Waals surface area contributed by atoms with E-state index in [1.165, 1.54) is 17.2 Å². The molecule has 1 unspecified atom stereocenters. The SMILES string of the molecule is C=CC(=O)N1CCN(c2nc(Oc3cccc4c3CCN(C)C4)nc3c2CCN3C(C)c2cccc3ccn(C)c(=O)c23)CC1. The van der Waals surface area contributed by atoms with E-state index in [1.807, 2.05) is 41.4 Å². The van der Waals surface area contributed by atoms with Gasteiger partial charge < -0.3 is 28.9 Å². The lowest BCUT2D eigenvalue weighted by Gasteiger charge is -2.36. The fraction of sp³-hybridized carbons (Fsp3) is 0.371. The molecule has 1 fully saturated rings. The number of carbonyl (C=O) groups is 1. The van der Waals surface area contributed by atoms with E-state index < -0.39 is 0 Å². The number of likely N-dealkylation sites (N-methyl/N-ethyl adjacent to an activating group) is 1. The first-order chi connectivity index (χ1) is 21.8. The molecule has 2 aromatic heterocycles. The zero-order valence-electron chi connectivity index (χ0n) is 26.2. The highest BCUT2D eigenvalue weighted by Crippen LogP contribution is 2.41. The number of ether oxygens (including phenoxy) is 1. The Morgan fingerprint density at radius 1 is 0.933 bits per heavy atom. The summed E-state index contributed by atoms with van der Waals surface area (Å²) in [5.41, 5.74) is 4.51. The molecule has 5 heterocycles. The van der Waals surface area contributed by atoms with Crippen LogP contribution >= 0.6 is 0 Å². The monoisotopic (exact) mass is 605 g/mol. The fourth-order valence-corrected chi connectivity index (χ4v) is 7.03. The minimum absolute atomic E-state index is 0.00629. The number of anilines is 2. The molecular formula is C35H39N7O3. The summed E-state index contributed by atoms with van der Waals surface area (Å²) >= 11 is 0. The second kappa shape index (κ2) is 11.7. The highest BCUT2D eigenvalue weighted by atomic mass is 16.5. The van der Waals surface area contributed by atoms with Gasteiger partial charge in [0, 0.05) is 70.2 Å². The van der Waals surface area contributed by atoms with Gasteiger partial charge in [0.05, 0.1) is 11.4 Å². The number of fused-ring (bicyclic) bond motifs is 3. The maximum absolute atomic E-state index is 13.3. The maximum Gasteiger partial charge on any atom is 0.325 e. The molecule has 0 N–H and O–H groups in total. The Morgan fingerprint density at radius 3 is 2.49 bits per heavy atom. The van der Waals surface area contributed by atoms with Crippen molar-refractivity contribution in [1.29, 1.82) is 0 Å². The summed E-state index contributed by atoms with van der Waals surface area (Å²) in [4.78, 5) is 44.4. The van der Waals surface area contributed by atoms with Crippen LogP contribution in [-0.4, -0.2) is 76.6 Å². The molecule has 232 valence electrons. The Kier molecular flexibility index (Phi) is 7.53. The summed E-state index contributed by atoms with van der Waals surface area (Å²) in [6.45, 7) is 10.9. The summed E-state index contributed by atoms with van der Waals surface area (Å²) in [5.74, 6) is 2.44. The Bertz CT molecular complexity index is 1860. The van der Waals surface area contributed by atoms with Crippen molar-refractivity contribution in [3.8, 4) is 11.8 Å². The van der Waals surface area contributed by atoms with Crippen molar-refractivity contribution in [3.63, 3.8) is 0 Å². The number of carbonyl (C=O) groups excluding carboxylic acids is 1. The van der Waals surface area contributed by atoms with Gasteiger partial charge in [-0.05, 0) is 61.5 Å². The van der Waals surface area contributed by atoms with Crippen LogP contribution in [-0.2, 0) is 31.2 Å². The molecule has 10 heteroatoms. The van der Waals surface area contributed by atoms with Crippen LogP contribution in [0.3, 0.4) is 0 Å². The van der Waals surface area contributed by atoms with Gasteiger partial charge >= 0.3 is 6.01 Å². The average molecular weight is 606 g/mol. The summed E-state index contributed by atoms with van der Waals surface area (Å²) < 4.78 is 8.20. The van der Waals surface area contributed by atoms with E-state index in [0.717, 1.165) is 71.8 Å². The zero-order valence-corrected chi connectivity index (χ0v) is 26.2. The van der Waals surface area contributed by atoms with Gasteiger partial charge in [-0.15, -0.1) is 0 Å². The van der Waals surface area contributed by atoms with Gasteiger partial charge in [-0.1, -0.05) is 36.9 Å². The number of hydrogen-bond donors (Lipinski definition) is 0. The van der Waals surface area contributed by atoms with Crippen LogP contribution in [0.1, 0.15) is 35.2 Å². The first-order valence-corrected chi connectivity index (χ1v) is 15.7. The number of aryl methyl sites for hydroxylation is 1. The van der Waals surface area contributed by atoms with E-state index >= 15 is 0 Å². The van der Waals surface area contributed by atoms with Crippen LogP contribution in [0.15, 0.2) is 66.1 Å². The molecule has 10 nitrogen and oxygen atoms in total. The van der Waals surface area contributed by atoms with E-state index in [2.05, 4.69) is 47.4 Å². The number of aromatic nitrogens is 3. The van der Waals surface area contributed by atoms with E-state index in [9.17, 15) is 9.59 Å². The molecule has 2 aromatic carbocycles. The van der Waals surface area contributed by atoms with Crippen molar-refractivity contribution in [2.75, 3.05) is 56.1 Å². The van der Waals surface area contributed by atoms with Gasteiger partial charge in [0.15, 0.2) is 0 Å². The Hall–Kier alpha value is -4.70. The molecule has 45 heavy (non-hydrogen) atoms. The fourth-order valence-electron chi connectivity index (χ4n) is 7.03. The number of pyridine rings is 1. The van der Waals surface area contributed by atoms with E-state index in [0.29, 0.717) is 32.2 Å². The van der Waals surface area contributed by atoms with Crippen LogP contribution in [0.4, 0.5) is 11.6 Å². The molecule has 3 aliphatic heterocycles. The minimum atomic E-state index is -0.109. The molecule has 3 aliphatic rings. The van der Waals surface area contributed by atoms with Crippen molar-refractivity contribution in [1.82, 2.24) is 24.3 Å². The topological polar surface area (TPSA) is 87.0 Å². The molecule has 0 aliphatic carbocycles. The number of amides is 1. The van der Waals surface area contributed by atoms with Crippen LogP contribution in [0.2, 0.25) is 0 Å². The Balaban J connectivity index is 1.29. The number of rotatable bonds is 6. The van der Waals surface area contributed by atoms with E-state index in [1.54, 1.807) is 11.6 Å². The van der Waals surface area contributed by atoms with Crippen LogP contribution in [0, 0.1) is 0 Å². The molecule has 0 spiro atoms. The van der Waals surface area contributed by atoms with Crippen LogP contribution in [0.5, 0.6) is 11.8 Å². The van der Waals surface area contributed by atoms with Crippen LogP contribution in [0.25, 0.3) is 10.8 Å². The lowest BCUT2D eigenvalue weighted by atomic mass is 9.99. The van der Waals surface area contributed by atoms with E-state index in [-0.39, 0.29) is 17.5 Å². The van der Waals surface area contributed by atoms with Crippen LogP contribution < -0.4 is 20.1 Å². The third-order valence-electron chi connectivity index (χ3n) is 9.56. The molecule has 1 amide bonds. The molecule has 7 rings (SSSR count). The van der Waals surface area contributed by atoms with Crippen molar-refractivity contribution in [2.45, 2.75) is 32.4 Å². The Labute approximate surface area is 263 Å². The molecule has 1 atom stereocenters. The van der Waals surface area contributed by atoms with Gasteiger partial charge in [0.2, 0.25) is 5.91 Å². The summed E-state index contributed by atoms with van der Waals surface area (Å²) in [7, 11) is 3.93. The Morgan fingerprint density at radius 2 is 1.69 bits per heavy atom. The lowest BCUT2D eigenvalue weighted by Crippen LogP contribution is -2.48. The quantitative estimate of drug-likeness (QED) is 0.304. The second-order valence-corrected chi connectivity index (χ2v) is 12.3. The first kappa shape index (κ1) is 29.0. The number of benzene rings is 2. The third kappa shape index (κ3) is 5.22. The predicted octanol–water partition coefficient (Wildman–Crippen LogP) is 4.07. The largest absolute Gasteiger partial charge is 0.424 e. The van der Waals surface area contributed by atoms with Gasteiger partial charge in [-0.25, -0.2) is 0 Å². The van der Waals surface area contributed by atoms with Gasteiger partial charge in [0.1, 0.15) is 17.4 Å². The average Bonchev–Trinajstić information content (AvgIpc) is 3.49. The standard InChI is InChI=1S/C35H39N7O3/c1-5-30(43)40-18-20-41(21-19-40)32-28-14-17-42(23(2)26-10-6-8-24-12-16-39(4)34(44)31(24)26)33(28)37-35(36-32)45-29-11-7-9-25-22-38(3)15-13-27(25)29/h5-12,16,23H,1,13-15,17-22H2,2-4H3. The second-order valence-electron chi connectivity index (χ2n) is 12.3.